The van der Waals surface area contributed by atoms with Crippen molar-refractivity contribution >= 4 is 11.7 Å². The van der Waals surface area contributed by atoms with E-state index in [2.05, 4.69) is 5.32 Å². The van der Waals surface area contributed by atoms with Crippen LogP contribution in [0.4, 0.5) is 5.69 Å². The Morgan fingerprint density at radius 3 is 2.03 bits per heavy atom. The van der Waals surface area contributed by atoms with Gasteiger partial charge in [-0.3, -0.25) is 0 Å². The van der Waals surface area contributed by atoms with Gasteiger partial charge in [-0.05, 0) is 37.1 Å². The van der Waals surface area contributed by atoms with E-state index in [9.17, 15) is 9.90 Å². The summed E-state index contributed by atoms with van der Waals surface area (Å²) in [5.74, 6) is -0.450. The Bertz CT molecular complexity index is 959. The second-order valence-electron chi connectivity index (χ2n) is 7.27. The normalized spacial score (nSPS) is 14.0. The first kappa shape index (κ1) is 21.4. The quantitative estimate of drug-likeness (QED) is 0.406. The first-order valence-electron chi connectivity index (χ1n) is 9.90. The van der Waals surface area contributed by atoms with Gasteiger partial charge in [0.25, 0.3) is 0 Å². The Hall–Kier alpha value is -3.31. The molecule has 0 saturated heterocycles. The molecule has 0 fully saturated rings. The molecule has 0 saturated carbocycles. The van der Waals surface area contributed by atoms with E-state index < -0.39 is 17.6 Å². The maximum absolute atomic E-state index is 13.4. The molecule has 0 aliphatic carbocycles. The number of benzene rings is 3. The highest BCUT2D eigenvalue weighted by molar-refractivity contribution is 5.84. The minimum Gasteiger partial charge on any atom is -0.506 e. The predicted molar refractivity (Wildman–Crippen MR) is 117 cm³/mol. The van der Waals surface area contributed by atoms with E-state index in [0.717, 1.165) is 5.56 Å². The summed E-state index contributed by atoms with van der Waals surface area (Å²) in [4.78, 5) is 13.4. The predicted octanol–water partition coefficient (Wildman–Crippen LogP) is 5.04. The molecular formula is C25H27NO4. The Kier molecular flexibility index (Phi) is 6.75. The zero-order valence-electron chi connectivity index (χ0n) is 17.4. The molecule has 5 nitrogen and oxygen atoms in total. The van der Waals surface area contributed by atoms with Gasteiger partial charge in [0.2, 0.25) is 5.60 Å². The highest BCUT2D eigenvalue weighted by Crippen LogP contribution is 2.44. The number of phenols is 1. The molecule has 0 aliphatic heterocycles. The molecule has 0 heterocycles. The SMILES string of the molecule is COC(=O)[C@@](OC(C)C)(c1ccccc1)[C@H](Nc1ccccc1O)c1ccccc1. The lowest BCUT2D eigenvalue weighted by Crippen LogP contribution is -2.49. The van der Waals surface area contributed by atoms with Crippen molar-refractivity contribution in [1.29, 1.82) is 0 Å². The van der Waals surface area contributed by atoms with Crippen LogP contribution in [0.1, 0.15) is 31.0 Å². The zero-order chi connectivity index (χ0) is 21.6. The first-order chi connectivity index (χ1) is 14.5. The molecule has 2 N–H and O–H groups in total. The number of para-hydroxylation sites is 2. The molecular weight excluding hydrogens is 378 g/mol. The molecule has 3 rings (SSSR count). The summed E-state index contributed by atoms with van der Waals surface area (Å²) < 4.78 is 11.7. The van der Waals surface area contributed by atoms with E-state index in [1.54, 1.807) is 18.2 Å². The fraction of sp³-hybridized carbons (Fsp3) is 0.240. The lowest BCUT2D eigenvalue weighted by Gasteiger charge is -2.41. The number of phenolic OH excluding ortho intramolecular Hbond substituents is 1. The lowest BCUT2D eigenvalue weighted by atomic mass is 9.81. The number of rotatable bonds is 8. The molecule has 30 heavy (non-hydrogen) atoms. The molecule has 156 valence electrons. The smallest absolute Gasteiger partial charge is 0.345 e. The van der Waals surface area contributed by atoms with Gasteiger partial charge in [-0.15, -0.1) is 0 Å². The topological polar surface area (TPSA) is 67.8 Å². The number of carbonyl (C=O) groups excluding carboxylic acids is 1. The first-order valence-corrected chi connectivity index (χ1v) is 9.90. The van der Waals surface area contributed by atoms with Crippen LogP contribution in [0.15, 0.2) is 84.9 Å². The van der Waals surface area contributed by atoms with Gasteiger partial charge in [0.15, 0.2) is 0 Å². The van der Waals surface area contributed by atoms with E-state index >= 15 is 0 Å². The second kappa shape index (κ2) is 9.46. The highest BCUT2D eigenvalue weighted by atomic mass is 16.6. The van der Waals surface area contributed by atoms with Crippen LogP contribution >= 0.6 is 0 Å². The average Bonchev–Trinajstić information content (AvgIpc) is 2.77. The van der Waals surface area contributed by atoms with Crippen LogP contribution in [0.2, 0.25) is 0 Å². The maximum Gasteiger partial charge on any atom is 0.345 e. The van der Waals surface area contributed by atoms with Crippen molar-refractivity contribution in [2.45, 2.75) is 31.6 Å². The third-order valence-electron chi connectivity index (χ3n) is 4.86. The van der Waals surface area contributed by atoms with E-state index in [1.165, 1.54) is 7.11 Å². The molecule has 0 bridgehead atoms. The van der Waals surface area contributed by atoms with Gasteiger partial charge in [0.1, 0.15) is 5.75 Å². The van der Waals surface area contributed by atoms with Crippen molar-refractivity contribution in [3.8, 4) is 5.75 Å². The third-order valence-corrected chi connectivity index (χ3v) is 4.86. The monoisotopic (exact) mass is 405 g/mol. The Morgan fingerprint density at radius 2 is 1.47 bits per heavy atom. The van der Waals surface area contributed by atoms with Gasteiger partial charge in [-0.25, -0.2) is 4.79 Å². The number of aromatic hydroxyl groups is 1. The lowest BCUT2D eigenvalue weighted by molar-refractivity contribution is -0.181. The number of esters is 1. The van der Waals surface area contributed by atoms with Crippen LogP contribution in [0, 0.1) is 0 Å². The van der Waals surface area contributed by atoms with Crippen LogP contribution in [0.3, 0.4) is 0 Å². The van der Waals surface area contributed by atoms with E-state index in [1.807, 2.05) is 80.6 Å². The van der Waals surface area contributed by atoms with Gasteiger partial charge in [0.05, 0.1) is 24.9 Å². The third kappa shape index (κ3) is 4.31. The summed E-state index contributed by atoms with van der Waals surface area (Å²) >= 11 is 0. The molecule has 0 unspecified atom stereocenters. The Balaban J connectivity index is 2.27. The van der Waals surface area contributed by atoms with Gasteiger partial charge >= 0.3 is 5.97 Å². The highest BCUT2D eigenvalue weighted by Gasteiger charge is 2.51. The van der Waals surface area contributed by atoms with Gasteiger partial charge < -0.3 is 19.9 Å². The minimum atomic E-state index is -1.49. The maximum atomic E-state index is 13.4. The fourth-order valence-corrected chi connectivity index (χ4v) is 3.61. The number of ether oxygens (including phenoxy) is 2. The van der Waals surface area contributed by atoms with Crippen LogP contribution in [0.25, 0.3) is 0 Å². The number of anilines is 1. The van der Waals surface area contributed by atoms with E-state index in [-0.39, 0.29) is 11.9 Å². The largest absolute Gasteiger partial charge is 0.506 e. The number of methoxy groups -OCH3 is 1. The summed E-state index contributed by atoms with van der Waals surface area (Å²) in [5, 5.41) is 13.7. The molecule has 0 spiro atoms. The molecule has 2 atom stereocenters. The summed E-state index contributed by atoms with van der Waals surface area (Å²) in [6.07, 6.45) is -0.276. The molecule has 0 aliphatic rings. The van der Waals surface area contributed by atoms with E-state index in [4.69, 9.17) is 9.47 Å². The minimum absolute atomic E-state index is 0.0785. The van der Waals surface area contributed by atoms with Crippen LogP contribution in [0.5, 0.6) is 5.75 Å². The number of nitrogens with one attached hydrogen (secondary N) is 1. The van der Waals surface area contributed by atoms with Crippen molar-refractivity contribution in [2.75, 3.05) is 12.4 Å². The van der Waals surface area contributed by atoms with Gasteiger partial charge in [0, 0.05) is 0 Å². The van der Waals surface area contributed by atoms with Crippen LogP contribution in [-0.4, -0.2) is 24.3 Å². The summed E-state index contributed by atoms with van der Waals surface area (Å²) in [5.41, 5.74) is 0.467. The molecule has 3 aromatic rings. The Labute approximate surface area is 177 Å². The zero-order valence-corrected chi connectivity index (χ0v) is 17.4. The summed E-state index contributed by atoms with van der Waals surface area (Å²) in [6, 6.07) is 25.1. The van der Waals surface area contributed by atoms with Crippen molar-refractivity contribution in [2.24, 2.45) is 0 Å². The van der Waals surface area contributed by atoms with Gasteiger partial charge in [-0.1, -0.05) is 72.8 Å². The number of hydrogen-bond donors (Lipinski definition) is 2. The van der Waals surface area contributed by atoms with Crippen LogP contribution < -0.4 is 5.32 Å². The molecule has 5 heteroatoms. The van der Waals surface area contributed by atoms with Crippen molar-refractivity contribution in [3.63, 3.8) is 0 Å². The summed E-state index contributed by atoms with van der Waals surface area (Å²) in [7, 11) is 1.35. The van der Waals surface area contributed by atoms with Crippen molar-refractivity contribution < 1.29 is 19.4 Å². The second-order valence-corrected chi connectivity index (χ2v) is 7.27. The molecule has 0 radical (unpaired) electrons. The molecule has 0 aromatic heterocycles. The molecule has 0 amide bonds. The van der Waals surface area contributed by atoms with Crippen molar-refractivity contribution in [1.82, 2.24) is 0 Å². The summed E-state index contributed by atoms with van der Waals surface area (Å²) in [6.45, 7) is 3.76. The standard InChI is InChI=1S/C25H27NO4/c1-18(2)30-25(24(28)29-3,20-14-8-5-9-15-20)23(19-12-6-4-7-13-19)26-21-16-10-11-17-22(21)27/h4-18,23,26-27H,1-3H3/t23-,25-/m1/s1. The van der Waals surface area contributed by atoms with Crippen LogP contribution in [-0.2, 0) is 19.9 Å². The van der Waals surface area contributed by atoms with E-state index in [0.29, 0.717) is 11.3 Å². The average molecular weight is 405 g/mol. The number of carbonyl (C=O) groups is 1. The van der Waals surface area contributed by atoms with Crippen molar-refractivity contribution in [3.05, 3.63) is 96.1 Å². The Morgan fingerprint density at radius 1 is 0.900 bits per heavy atom. The number of hydrogen-bond acceptors (Lipinski definition) is 5. The molecule has 3 aromatic carbocycles. The van der Waals surface area contributed by atoms with Gasteiger partial charge in [-0.2, -0.15) is 0 Å². The fourth-order valence-electron chi connectivity index (χ4n) is 3.61.